The fraction of sp³-hybridized carbons (Fsp3) is 0.923. The molecule has 0 bridgehead atoms. The van der Waals surface area contributed by atoms with Crippen LogP contribution in [0.1, 0.15) is 46.5 Å². The van der Waals surface area contributed by atoms with Gasteiger partial charge < -0.3 is 15.9 Å². The summed E-state index contributed by atoms with van der Waals surface area (Å²) in [7, 11) is 0. The molecule has 3 atom stereocenters. The summed E-state index contributed by atoms with van der Waals surface area (Å²) in [5.41, 5.74) is 4.97. The number of amides is 1. The van der Waals surface area contributed by atoms with Gasteiger partial charge in [-0.05, 0) is 24.7 Å². The van der Waals surface area contributed by atoms with Gasteiger partial charge in [-0.3, -0.25) is 9.69 Å². The molecule has 18 heavy (non-hydrogen) atoms. The van der Waals surface area contributed by atoms with Crippen molar-refractivity contribution in [3.8, 4) is 0 Å². The van der Waals surface area contributed by atoms with E-state index in [0.717, 1.165) is 19.3 Å². The smallest absolute Gasteiger partial charge is 0.234 e. The summed E-state index contributed by atoms with van der Waals surface area (Å²) in [4.78, 5) is 13.0. The zero-order valence-electron chi connectivity index (χ0n) is 11.6. The van der Waals surface area contributed by atoms with Crippen molar-refractivity contribution in [1.82, 2.24) is 4.90 Å². The van der Waals surface area contributed by atoms with Gasteiger partial charge in [0.05, 0.1) is 12.1 Å². The number of primary amides is 1. The summed E-state index contributed by atoms with van der Waals surface area (Å²) < 4.78 is 0. The lowest BCUT2D eigenvalue weighted by atomic mass is 9.82. The summed E-state index contributed by atoms with van der Waals surface area (Å²) in [5, 5.41) is 20.6. The number of nitrogens with two attached hydrogens (primary N) is 1. The lowest BCUT2D eigenvalue weighted by molar-refractivity contribution is -0.156. The Labute approximate surface area is 109 Å². The Balaban J connectivity index is 2.80. The van der Waals surface area contributed by atoms with Crippen LogP contribution in [0.4, 0.5) is 0 Å². The Morgan fingerprint density at radius 3 is 2.56 bits per heavy atom. The second kappa shape index (κ2) is 5.99. The quantitative estimate of drug-likeness (QED) is 0.668. The average Bonchev–Trinajstić information content (AvgIpc) is 2.36. The molecule has 1 aliphatic heterocycles. The first kappa shape index (κ1) is 15.4. The van der Waals surface area contributed by atoms with Gasteiger partial charge in [-0.2, -0.15) is 0 Å². The lowest BCUT2D eigenvalue weighted by Crippen LogP contribution is -2.58. The molecule has 1 aliphatic rings. The third-order valence-corrected chi connectivity index (χ3v) is 4.21. The van der Waals surface area contributed by atoms with Crippen LogP contribution in [0, 0.1) is 5.41 Å². The van der Waals surface area contributed by atoms with Crippen LogP contribution in [-0.4, -0.2) is 45.9 Å². The Morgan fingerprint density at radius 1 is 1.44 bits per heavy atom. The Bertz CT molecular complexity index is 294. The molecule has 0 spiro atoms. The van der Waals surface area contributed by atoms with Gasteiger partial charge >= 0.3 is 0 Å². The Morgan fingerprint density at radius 2 is 2.06 bits per heavy atom. The minimum atomic E-state index is -1.03. The molecule has 1 heterocycles. The number of piperidine rings is 1. The van der Waals surface area contributed by atoms with Crippen LogP contribution in [0.5, 0.6) is 0 Å². The summed E-state index contributed by atoms with van der Waals surface area (Å²) in [5.74, 6) is -0.421. The summed E-state index contributed by atoms with van der Waals surface area (Å²) in [6, 6.07) is -0.462. The number of carbonyl (C=O) groups is 1. The highest BCUT2D eigenvalue weighted by Crippen LogP contribution is 2.30. The first-order valence-electron chi connectivity index (χ1n) is 6.72. The third-order valence-electron chi connectivity index (χ3n) is 4.21. The maximum Gasteiger partial charge on any atom is 0.234 e. The molecule has 0 aromatic heterocycles. The van der Waals surface area contributed by atoms with Gasteiger partial charge in [0, 0.05) is 6.54 Å². The highest BCUT2D eigenvalue weighted by molar-refractivity contribution is 5.79. The molecule has 0 saturated carbocycles. The van der Waals surface area contributed by atoms with Crippen molar-refractivity contribution in [1.29, 1.82) is 0 Å². The molecular formula is C13H26N2O3. The molecule has 5 heteroatoms. The highest BCUT2D eigenvalue weighted by atomic mass is 16.3. The van der Waals surface area contributed by atoms with E-state index in [-0.39, 0.29) is 5.41 Å². The molecule has 0 unspecified atom stereocenters. The third kappa shape index (κ3) is 3.22. The van der Waals surface area contributed by atoms with Crippen molar-refractivity contribution in [2.45, 2.75) is 64.8 Å². The van der Waals surface area contributed by atoms with Gasteiger partial charge in [-0.1, -0.05) is 27.2 Å². The van der Waals surface area contributed by atoms with Gasteiger partial charge in [0.2, 0.25) is 5.91 Å². The second-order valence-corrected chi connectivity index (χ2v) is 5.85. The lowest BCUT2D eigenvalue weighted by Gasteiger charge is -2.42. The maximum atomic E-state index is 11.4. The van der Waals surface area contributed by atoms with Crippen LogP contribution < -0.4 is 5.73 Å². The predicted octanol–water partition coefficient (Wildman–Crippen LogP) is 0.442. The van der Waals surface area contributed by atoms with Crippen LogP contribution in [0.3, 0.4) is 0 Å². The zero-order valence-corrected chi connectivity index (χ0v) is 11.6. The topological polar surface area (TPSA) is 86.8 Å². The standard InChI is InChI=1S/C13H26N2O3/c1-4-13(2,3)10(16)12(18)15-8-6-5-7-9(15)11(14)17/h9-10,12,16,18H,4-8H2,1-3H3,(H2,14,17)/t9-,10+,12-/m0/s1. The van der Waals surface area contributed by atoms with Gasteiger partial charge in [-0.15, -0.1) is 0 Å². The fourth-order valence-corrected chi connectivity index (χ4v) is 2.37. The van der Waals surface area contributed by atoms with Crippen molar-refractivity contribution in [3.05, 3.63) is 0 Å². The first-order valence-corrected chi connectivity index (χ1v) is 6.72. The number of nitrogens with zero attached hydrogens (tertiary/aromatic N) is 1. The van der Waals surface area contributed by atoms with E-state index < -0.39 is 24.3 Å². The molecule has 1 amide bonds. The molecule has 0 radical (unpaired) electrons. The van der Waals surface area contributed by atoms with E-state index >= 15 is 0 Å². The van der Waals surface area contributed by atoms with Crippen molar-refractivity contribution in [3.63, 3.8) is 0 Å². The fourth-order valence-electron chi connectivity index (χ4n) is 2.37. The van der Waals surface area contributed by atoms with Gasteiger partial charge in [-0.25, -0.2) is 0 Å². The maximum absolute atomic E-state index is 11.4. The summed E-state index contributed by atoms with van der Waals surface area (Å²) in [6.07, 6.45) is 1.34. The van der Waals surface area contributed by atoms with Crippen molar-refractivity contribution in [2.24, 2.45) is 11.1 Å². The Kier molecular flexibility index (Phi) is 5.13. The molecule has 5 nitrogen and oxygen atoms in total. The van der Waals surface area contributed by atoms with Crippen LogP contribution in [0.2, 0.25) is 0 Å². The second-order valence-electron chi connectivity index (χ2n) is 5.85. The van der Waals surface area contributed by atoms with E-state index in [2.05, 4.69) is 0 Å². The molecule has 4 N–H and O–H groups in total. The van der Waals surface area contributed by atoms with Crippen LogP contribution >= 0.6 is 0 Å². The number of hydrogen-bond acceptors (Lipinski definition) is 4. The molecule has 1 fully saturated rings. The van der Waals surface area contributed by atoms with Gasteiger partial charge in [0.1, 0.15) is 6.23 Å². The minimum Gasteiger partial charge on any atom is -0.388 e. The molecule has 106 valence electrons. The molecule has 0 aromatic carbocycles. The number of aliphatic hydroxyl groups is 2. The molecule has 1 rings (SSSR count). The Hall–Kier alpha value is -0.650. The molecular weight excluding hydrogens is 232 g/mol. The van der Waals surface area contributed by atoms with Crippen LogP contribution in [0.15, 0.2) is 0 Å². The number of aliphatic hydroxyl groups excluding tert-OH is 2. The normalized spacial score (nSPS) is 25.7. The predicted molar refractivity (Wildman–Crippen MR) is 69.6 cm³/mol. The van der Waals surface area contributed by atoms with E-state index in [1.54, 1.807) is 4.90 Å². The van der Waals surface area contributed by atoms with E-state index in [9.17, 15) is 15.0 Å². The van der Waals surface area contributed by atoms with Crippen LogP contribution in [0.25, 0.3) is 0 Å². The highest BCUT2D eigenvalue weighted by Gasteiger charge is 2.39. The van der Waals surface area contributed by atoms with E-state index in [0.29, 0.717) is 13.0 Å². The molecule has 0 aromatic rings. The van der Waals surface area contributed by atoms with Crippen molar-refractivity contribution in [2.75, 3.05) is 6.54 Å². The van der Waals surface area contributed by atoms with Crippen molar-refractivity contribution >= 4 is 5.91 Å². The number of rotatable bonds is 5. The van der Waals surface area contributed by atoms with Gasteiger partial charge in [0.15, 0.2) is 0 Å². The SMILES string of the molecule is CCC(C)(C)[C@H](O)[C@H](O)N1CCCC[C@H]1C(N)=O. The number of likely N-dealkylation sites (tertiary alicyclic amines) is 1. The zero-order chi connectivity index (χ0) is 13.9. The van der Waals surface area contributed by atoms with E-state index in [1.165, 1.54) is 0 Å². The van der Waals surface area contributed by atoms with E-state index in [1.807, 2.05) is 20.8 Å². The van der Waals surface area contributed by atoms with Crippen LogP contribution in [-0.2, 0) is 4.79 Å². The average molecular weight is 258 g/mol. The minimum absolute atomic E-state index is 0.390. The summed E-state index contributed by atoms with van der Waals surface area (Å²) >= 11 is 0. The largest absolute Gasteiger partial charge is 0.388 e. The monoisotopic (exact) mass is 258 g/mol. The molecule has 1 saturated heterocycles. The van der Waals surface area contributed by atoms with Gasteiger partial charge in [0.25, 0.3) is 0 Å². The molecule has 0 aliphatic carbocycles. The van der Waals surface area contributed by atoms with E-state index in [4.69, 9.17) is 5.73 Å². The first-order chi connectivity index (χ1) is 8.31. The number of carbonyl (C=O) groups excluding carboxylic acids is 1. The summed E-state index contributed by atoms with van der Waals surface area (Å²) in [6.45, 7) is 6.39. The van der Waals surface area contributed by atoms with Crippen molar-refractivity contribution < 1.29 is 15.0 Å². The number of hydrogen-bond donors (Lipinski definition) is 3.